The lowest BCUT2D eigenvalue weighted by Gasteiger charge is -2.42. The van der Waals surface area contributed by atoms with Crippen LogP contribution in [0, 0.1) is 11.6 Å². The van der Waals surface area contributed by atoms with Gasteiger partial charge in [-0.2, -0.15) is 0 Å². The smallest absolute Gasteiger partial charge is 0.317 e. The molecule has 1 aromatic rings. The van der Waals surface area contributed by atoms with Crippen LogP contribution in [-0.2, 0) is 4.79 Å². The number of hydrogen-bond donors (Lipinski definition) is 2. The zero-order valence-corrected chi connectivity index (χ0v) is 13.6. The summed E-state index contributed by atoms with van der Waals surface area (Å²) in [4.78, 5) is 12.8. The number of aliphatic carboxylic acids is 1. The summed E-state index contributed by atoms with van der Waals surface area (Å²) in [5.41, 5.74) is 0.645. The summed E-state index contributed by atoms with van der Waals surface area (Å²) in [7, 11) is 0. The average molecular weight is 326 g/mol. The largest absolute Gasteiger partial charge is 0.480 e. The van der Waals surface area contributed by atoms with Gasteiger partial charge in [-0.3, -0.25) is 9.69 Å². The Morgan fingerprint density at radius 1 is 1.35 bits per heavy atom. The molecule has 6 heteroatoms. The minimum absolute atomic E-state index is 0.0144. The summed E-state index contributed by atoms with van der Waals surface area (Å²) in [5, 5.41) is 12.3. The van der Waals surface area contributed by atoms with Crippen LogP contribution in [0.1, 0.15) is 38.2 Å². The number of benzene rings is 1. The molecule has 1 aromatic carbocycles. The molecule has 1 atom stereocenters. The van der Waals surface area contributed by atoms with Crippen molar-refractivity contribution in [2.75, 3.05) is 19.6 Å². The molecule has 1 aliphatic carbocycles. The number of carbonyl (C=O) groups is 1. The van der Waals surface area contributed by atoms with Crippen molar-refractivity contribution in [3.05, 3.63) is 35.4 Å². The van der Waals surface area contributed by atoms with Crippen molar-refractivity contribution in [2.45, 2.75) is 44.7 Å². The number of rotatable bonds is 8. The van der Waals surface area contributed by atoms with Crippen LogP contribution in [0.4, 0.5) is 8.78 Å². The zero-order valence-electron chi connectivity index (χ0n) is 13.6. The second-order valence-corrected chi connectivity index (χ2v) is 6.29. The lowest BCUT2D eigenvalue weighted by atomic mass is 9.85. The summed E-state index contributed by atoms with van der Waals surface area (Å²) in [6.07, 6.45) is 1.82. The summed E-state index contributed by atoms with van der Waals surface area (Å²) < 4.78 is 26.5. The van der Waals surface area contributed by atoms with Gasteiger partial charge in [0.1, 0.15) is 11.6 Å². The van der Waals surface area contributed by atoms with Crippen molar-refractivity contribution in [3.8, 4) is 0 Å². The Morgan fingerprint density at radius 2 is 1.96 bits per heavy atom. The van der Waals surface area contributed by atoms with Gasteiger partial charge >= 0.3 is 5.97 Å². The highest BCUT2D eigenvalue weighted by atomic mass is 19.1. The van der Waals surface area contributed by atoms with Gasteiger partial charge in [0.2, 0.25) is 0 Å². The number of nitrogens with one attached hydrogen (secondary N) is 1. The lowest BCUT2D eigenvalue weighted by molar-refractivity contribution is -0.139. The molecule has 0 aliphatic heterocycles. The molecule has 2 N–H and O–H groups in total. The maximum absolute atomic E-state index is 13.2. The lowest BCUT2D eigenvalue weighted by Crippen LogP contribution is -2.54. The fraction of sp³-hybridized carbons (Fsp3) is 0.588. The van der Waals surface area contributed by atoms with E-state index in [1.54, 1.807) is 0 Å². The topological polar surface area (TPSA) is 52.6 Å². The molecule has 0 aromatic heterocycles. The molecule has 0 bridgehead atoms. The van der Waals surface area contributed by atoms with Crippen molar-refractivity contribution in [1.29, 1.82) is 0 Å². The van der Waals surface area contributed by atoms with Crippen LogP contribution in [0.2, 0.25) is 0 Å². The first-order valence-corrected chi connectivity index (χ1v) is 8.04. The molecule has 0 amide bonds. The van der Waals surface area contributed by atoms with Crippen molar-refractivity contribution in [3.63, 3.8) is 0 Å². The van der Waals surface area contributed by atoms with E-state index in [-0.39, 0.29) is 12.5 Å². The van der Waals surface area contributed by atoms with E-state index in [1.807, 2.05) is 18.7 Å². The third kappa shape index (κ3) is 4.97. The Kier molecular flexibility index (Phi) is 6.07. The number of carboxylic acid groups (broad SMARTS) is 1. The molecule has 0 heterocycles. The second-order valence-electron chi connectivity index (χ2n) is 6.29. The van der Waals surface area contributed by atoms with E-state index in [0.717, 1.165) is 25.5 Å². The van der Waals surface area contributed by atoms with Crippen LogP contribution in [0.3, 0.4) is 0 Å². The van der Waals surface area contributed by atoms with Gasteiger partial charge in [0.25, 0.3) is 0 Å². The summed E-state index contributed by atoms with van der Waals surface area (Å²) in [6, 6.07) is 4.25. The van der Waals surface area contributed by atoms with Gasteiger partial charge in [0, 0.05) is 24.7 Å². The molecule has 0 spiro atoms. The van der Waals surface area contributed by atoms with Crippen molar-refractivity contribution >= 4 is 5.97 Å². The van der Waals surface area contributed by atoms with Crippen molar-refractivity contribution in [2.24, 2.45) is 0 Å². The zero-order chi connectivity index (χ0) is 17.0. The van der Waals surface area contributed by atoms with Gasteiger partial charge < -0.3 is 10.4 Å². The predicted molar refractivity (Wildman–Crippen MR) is 84.5 cm³/mol. The third-order valence-corrected chi connectivity index (χ3v) is 4.54. The van der Waals surface area contributed by atoms with E-state index in [2.05, 4.69) is 5.32 Å². The van der Waals surface area contributed by atoms with E-state index >= 15 is 0 Å². The molecule has 0 saturated heterocycles. The molecule has 2 rings (SSSR count). The van der Waals surface area contributed by atoms with Crippen LogP contribution in [-0.4, -0.2) is 47.7 Å². The number of halogens is 2. The van der Waals surface area contributed by atoms with Gasteiger partial charge in [0.05, 0.1) is 6.54 Å². The van der Waals surface area contributed by atoms with Crippen LogP contribution in [0.15, 0.2) is 18.2 Å². The van der Waals surface area contributed by atoms with E-state index in [9.17, 15) is 13.6 Å². The maximum atomic E-state index is 13.2. The number of nitrogens with zero attached hydrogens (tertiary/aromatic N) is 1. The molecule has 4 nitrogen and oxygen atoms in total. The van der Waals surface area contributed by atoms with Gasteiger partial charge in [-0.25, -0.2) is 8.78 Å². The number of hydrogen-bond acceptors (Lipinski definition) is 3. The molecule has 128 valence electrons. The van der Waals surface area contributed by atoms with Gasteiger partial charge in [-0.15, -0.1) is 0 Å². The molecule has 1 aliphatic rings. The van der Waals surface area contributed by atoms with Crippen LogP contribution >= 0.6 is 0 Å². The van der Waals surface area contributed by atoms with Crippen LogP contribution < -0.4 is 5.32 Å². The summed E-state index contributed by atoms with van der Waals surface area (Å²) in [6.45, 7) is 5.34. The Morgan fingerprint density at radius 3 is 2.48 bits per heavy atom. The molecular formula is C17H24F2N2O2. The van der Waals surface area contributed by atoms with E-state index in [4.69, 9.17) is 5.11 Å². The second kappa shape index (κ2) is 7.84. The fourth-order valence-corrected chi connectivity index (χ4v) is 3.05. The number of likely N-dealkylation sites (N-methyl/N-ethyl adjacent to an activating group) is 1. The molecule has 0 radical (unpaired) electrons. The highest BCUT2D eigenvalue weighted by molar-refractivity contribution is 5.69. The van der Waals surface area contributed by atoms with E-state index in [0.29, 0.717) is 24.2 Å². The highest BCUT2D eigenvalue weighted by Crippen LogP contribution is 2.26. The Balaban J connectivity index is 1.76. The van der Waals surface area contributed by atoms with Crippen LogP contribution in [0.25, 0.3) is 0 Å². The van der Waals surface area contributed by atoms with Gasteiger partial charge in [-0.1, -0.05) is 13.8 Å². The van der Waals surface area contributed by atoms with Crippen molar-refractivity contribution in [1.82, 2.24) is 10.2 Å². The average Bonchev–Trinajstić information content (AvgIpc) is 2.42. The minimum Gasteiger partial charge on any atom is -0.480 e. The number of carboxylic acids is 1. The first-order chi connectivity index (χ1) is 10.9. The maximum Gasteiger partial charge on any atom is 0.317 e. The Bertz CT molecular complexity index is 527. The third-order valence-electron chi connectivity index (χ3n) is 4.54. The standard InChI is InChI=1S/C17H24F2N2O2/c1-3-21(10-17(22)23)16-7-15(8-16)20-9-11(2)12-4-13(18)6-14(19)5-12/h4-6,11,15-16,20H,3,7-10H2,1-2H3,(H,22,23). The monoisotopic (exact) mass is 326 g/mol. The van der Waals surface area contributed by atoms with Gasteiger partial charge in [0.15, 0.2) is 0 Å². The highest BCUT2D eigenvalue weighted by Gasteiger charge is 2.33. The molecular weight excluding hydrogens is 302 g/mol. The Labute approximate surface area is 135 Å². The van der Waals surface area contributed by atoms with E-state index < -0.39 is 17.6 Å². The molecule has 23 heavy (non-hydrogen) atoms. The molecule has 1 unspecified atom stereocenters. The SMILES string of the molecule is CCN(CC(=O)O)C1CC(NCC(C)c2cc(F)cc(F)c2)C1. The van der Waals surface area contributed by atoms with Crippen molar-refractivity contribution < 1.29 is 18.7 Å². The quantitative estimate of drug-likeness (QED) is 0.771. The van der Waals surface area contributed by atoms with Gasteiger partial charge in [-0.05, 0) is 43.0 Å². The molecule has 1 fully saturated rings. The Hall–Kier alpha value is -1.53. The fourth-order valence-electron chi connectivity index (χ4n) is 3.05. The van der Waals surface area contributed by atoms with Crippen LogP contribution in [0.5, 0.6) is 0 Å². The first kappa shape index (κ1) is 17.8. The first-order valence-electron chi connectivity index (χ1n) is 8.04. The normalized spacial score (nSPS) is 22.0. The summed E-state index contributed by atoms with van der Waals surface area (Å²) in [5.74, 6) is -1.89. The summed E-state index contributed by atoms with van der Waals surface area (Å²) >= 11 is 0. The minimum atomic E-state index is -0.801. The molecule has 1 saturated carbocycles. The van der Waals surface area contributed by atoms with E-state index in [1.165, 1.54) is 12.1 Å². The predicted octanol–water partition coefficient (Wildman–Crippen LogP) is 2.60.